The molecule has 2 aliphatic rings. The van der Waals surface area contributed by atoms with Gasteiger partial charge in [0.15, 0.2) is 0 Å². The highest BCUT2D eigenvalue weighted by Crippen LogP contribution is 2.31. The molecular weight excluding hydrogens is 180 g/mol. The topological polar surface area (TPSA) is 40.6 Å². The summed E-state index contributed by atoms with van der Waals surface area (Å²) < 4.78 is 0. The number of piperidine rings is 2. The third kappa shape index (κ3) is 1.49. The van der Waals surface area contributed by atoms with Gasteiger partial charge in [-0.25, -0.2) is 0 Å². The summed E-state index contributed by atoms with van der Waals surface area (Å²) in [6, 6.07) is 0. The Morgan fingerprint density at radius 3 is 1.79 bits per heavy atom. The smallest absolute Gasteiger partial charge is 0.222 e. The van der Waals surface area contributed by atoms with Gasteiger partial charge < -0.3 is 9.80 Å². The van der Waals surface area contributed by atoms with Gasteiger partial charge in [0, 0.05) is 40.0 Å². The molecule has 0 aromatic heterocycles. The van der Waals surface area contributed by atoms with Crippen LogP contribution in [-0.4, -0.2) is 48.8 Å². The summed E-state index contributed by atoms with van der Waals surface area (Å²) >= 11 is 0. The molecule has 0 aliphatic carbocycles. The van der Waals surface area contributed by atoms with E-state index in [1.54, 1.807) is 9.80 Å². The quantitative estimate of drug-likeness (QED) is 0.544. The zero-order valence-corrected chi connectivity index (χ0v) is 8.69. The number of nitrogens with zero attached hydrogens (tertiary/aromatic N) is 2. The van der Waals surface area contributed by atoms with Crippen LogP contribution >= 0.6 is 0 Å². The van der Waals surface area contributed by atoms with Crippen LogP contribution in [0.1, 0.15) is 12.8 Å². The summed E-state index contributed by atoms with van der Waals surface area (Å²) in [6.45, 7) is 1.61. The van der Waals surface area contributed by atoms with Crippen molar-refractivity contribution >= 4 is 11.8 Å². The fourth-order valence-corrected chi connectivity index (χ4v) is 2.43. The lowest BCUT2D eigenvalue weighted by Crippen LogP contribution is -2.51. The van der Waals surface area contributed by atoms with Crippen molar-refractivity contribution in [1.29, 1.82) is 0 Å². The van der Waals surface area contributed by atoms with Gasteiger partial charge >= 0.3 is 0 Å². The molecular formula is C10H16N2O2. The molecule has 2 amide bonds. The van der Waals surface area contributed by atoms with Gasteiger partial charge in [-0.2, -0.15) is 0 Å². The highest BCUT2D eigenvalue weighted by molar-refractivity contribution is 5.81. The maximum absolute atomic E-state index is 11.4. The van der Waals surface area contributed by atoms with Crippen molar-refractivity contribution < 1.29 is 9.59 Å². The molecule has 2 saturated heterocycles. The van der Waals surface area contributed by atoms with E-state index in [1.807, 2.05) is 14.1 Å². The maximum atomic E-state index is 11.4. The number of hydrogen-bond acceptors (Lipinski definition) is 2. The predicted octanol–water partition coefficient (Wildman–Crippen LogP) is -0.0570. The van der Waals surface area contributed by atoms with E-state index >= 15 is 0 Å². The van der Waals surface area contributed by atoms with Crippen LogP contribution in [0.25, 0.3) is 0 Å². The van der Waals surface area contributed by atoms with Gasteiger partial charge in [-0.3, -0.25) is 9.59 Å². The zero-order valence-electron chi connectivity index (χ0n) is 8.69. The Hall–Kier alpha value is -1.06. The molecule has 0 saturated carbocycles. The minimum atomic E-state index is 0.184. The van der Waals surface area contributed by atoms with Crippen LogP contribution in [0.15, 0.2) is 0 Å². The minimum absolute atomic E-state index is 0.184. The van der Waals surface area contributed by atoms with Crippen molar-refractivity contribution in [3.8, 4) is 0 Å². The lowest BCUT2D eigenvalue weighted by Gasteiger charge is -2.42. The first kappa shape index (κ1) is 9.49. The van der Waals surface area contributed by atoms with Gasteiger partial charge in [-0.1, -0.05) is 0 Å². The van der Waals surface area contributed by atoms with Crippen molar-refractivity contribution in [2.24, 2.45) is 11.8 Å². The van der Waals surface area contributed by atoms with Crippen LogP contribution in [-0.2, 0) is 9.59 Å². The van der Waals surface area contributed by atoms with Crippen LogP contribution in [0, 0.1) is 11.8 Å². The minimum Gasteiger partial charge on any atom is -0.345 e. The van der Waals surface area contributed by atoms with Crippen molar-refractivity contribution in [2.45, 2.75) is 12.8 Å². The van der Waals surface area contributed by atoms with Crippen LogP contribution in [0.3, 0.4) is 0 Å². The first-order valence-corrected chi connectivity index (χ1v) is 5.06. The van der Waals surface area contributed by atoms with Gasteiger partial charge in [-0.15, -0.1) is 0 Å². The van der Waals surface area contributed by atoms with Gasteiger partial charge in [0.1, 0.15) is 0 Å². The van der Waals surface area contributed by atoms with E-state index in [2.05, 4.69) is 0 Å². The average Bonchev–Trinajstić information content (AvgIpc) is 2.11. The van der Waals surface area contributed by atoms with E-state index in [9.17, 15) is 9.59 Å². The second-order valence-corrected chi connectivity index (χ2v) is 4.48. The standard InChI is InChI=1S/C10H16N2O2/c1-11-5-8-6-12(2)10(14)4-7(8)3-9(11)13/h7-8H,3-6H2,1-2H3. The van der Waals surface area contributed by atoms with Crippen molar-refractivity contribution in [1.82, 2.24) is 9.80 Å². The predicted molar refractivity (Wildman–Crippen MR) is 51.5 cm³/mol. The normalized spacial score (nSPS) is 33.3. The molecule has 2 aliphatic heterocycles. The number of carbonyl (C=O) groups is 2. The second-order valence-electron chi connectivity index (χ2n) is 4.48. The molecule has 0 bridgehead atoms. The molecule has 0 spiro atoms. The number of amides is 2. The van der Waals surface area contributed by atoms with Gasteiger partial charge in [-0.05, 0) is 11.8 Å². The maximum Gasteiger partial charge on any atom is 0.222 e. The highest BCUT2D eigenvalue weighted by atomic mass is 16.2. The Labute approximate surface area is 83.9 Å². The molecule has 0 aromatic rings. The zero-order chi connectivity index (χ0) is 10.3. The third-order valence-electron chi connectivity index (χ3n) is 3.41. The van der Waals surface area contributed by atoms with E-state index < -0.39 is 0 Å². The van der Waals surface area contributed by atoms with Crippen LogP contribution in [0.4, 0.5) is 0 Å². The molecule has 0 N–H and O–H groups in total. The number of hydrogen-bond donors (Lipinski definition) is 0. The summed E-state index contributed by atoms with van der Waals surface area (Å²) in [4.78, 5) is 26.4. The van der Waals surface area contributed by atoms with E-state index in [0.29, 0.717) is 24.7 Å². The SMILES string of the molecule is CN1CC2CN(C)C(=O)CC2CC1=O. The van der Waals surface area contributed by atoms with Crippen molar-refractivity contribution in [3.63, 3.8) is 0 Å². The molecule has 14 heavy (non-hydrogen) atoms. The summed E-state index contributed by atoms with van der Waals surface area (Å²) in [7, 11) is 3.68. The van der Waals surface area contributed by atoms with E-state index in [-0.39, 0.29) is 11.8 Å². The fraction of sp³-hybridized carbons (Fsp3) is 0.800. The molecule has 0 aromatic carbocycles. The van der Waals surface area contributed by atoms with Crippen LogP contribution in [0.5, 0.6) is 0 Å². The first-order chi connectivity index (χ1) is 6.58. The Morgan fingerprint density at radius 2 is 1.36 bits per heavy atom. The second kappa shape index (κ2) is 3.26. The largest absolute Gasteiger partial charge is 0.345 e. The monoisotopic (exact) mass is 196 g/mol. The van der Waals surface area contributed by atoms with Gasteiger partial charge in [0.05, 0.1) is 0 Å². The van der Waals surface area contributed by atoms with E-state index in [4.69, 9.17) is 0 Å². The molecule has 4 nitrogen and oxygen atoms in total. The molecule has 0 atom stereocenters. The van der Waals surface area contributed by atoms with Crippen molar-refractivity contribution in [3.05, 3.63) is 0 Å². The van der Waals surface area contributed by atoms with Gasteiger partial charge in [0.2, 0.25) is 11.8 Å². The third-order valence-corrected chi connectivity index (χ3v) is 3.41. The molecule has 0 unspecified atom stereocenters. The molecule has 0 radical (unpaired) electrons. The average molecular weight is 196 g/mol. The van der Waals surface area contributed by atoms with Crippen LogP contribution in [0.2, 0.25) is 0 Å². The summed E-state index contributed by atoms with van der Waals surface area (Å²) in [6.07, 6.45) is 1.11. The van der Waals surface area contributed by atoms with Gasteiger partial charge in [0.25, 0.3) is 0 Å². The molecule has 4 heteroatoms. The number of likely N-dealkylation sites (tertiary alicyclic amines) is 2. The van der Waals surface area contributed by atoms with E-state index in [1.165, 1.54) is 0 Å². The Bertz CT molecular complexity index is 251. The Kier molecular flexibility index (Phi) is 2.21. The Balaban J connectivity index is 2.09. The first-order valence-electron chi connectivity index (χ1n) is 5.06. The summed E-state index contributed by atoms with van der Waals surface area (Å²) in [5.74, 6) is 1.15. The number of fused-ring (bicyclic) bond motifs is 1. The lowest BCUT2D eigenvalue weighted by molar-refractivity contribution is -0.144. The molecule has 2 rings (SSSR count). The number of carbonyl (C=O) groups excluding carboxylic acids is 2. The van der Waals surface area contributed by atoms with E-state index in [0.717, 1.165) is 13.1 Å². The summed E-state index contributed by atoms with van der Waals surface area (Å²) in [5.41, 5.74) is 0. The molecule has 2 heterocycles. The molecule has 78 valence electrons. The lowest BCUT2D eigenvalue weighted by atomic mass is 9.80. The fourth-order valence-electron chi connectivity index (χ4n) is 2.43. The number of rotatable bonds is 0. The molecule has 2 fully saturated rings. The van der Waals surface area contributed by atoms with Crippen LogP contribution < -0.4 is 0 Å². The Morgan fingerprint density at radius 1 is 0.929 bits per heavy atom. The highest BCUT2D eigenvalue weighted by Gasteiger charge is 2.38. The van der Waals surface area contributed by atoms with Crippen molar-refractivity contribution in [2.75, 3.05) is 27.2 Å². The summed E-state index contributed by atoms with van der Waals surface area (Å²) in [5, 5.41) is 0.